The Morgan fingerprint density at radius 1 is 1.25 bits per heavy atom. The minimum atomic E-state index is -0.0915. The summed E-state index contributed by atoms with van der Waals surface area (Å²) < 4.78 is 0. The Labute approximate surface area is 124 Å². The van der Waals surface area contributed by atoms with Crippen LogP contribution in [-0.4, -0.2) is 17.9 Å². The van der Waals surface area contributed by atoms with E-state index in [0.29, 0.717) is 22.8 Å². The van der Waals surface area contributed by atoms with E-state index in [2.05, 4.69) is 0 Å². The second kappa shape index (κ2) is 5.97. The Balaban J connectivity index is 2.18. The summed E-state index contributed by atoms with van der Waals surface area (Å²) in [5.74, 6) is -0.0915. The highest BCUT2D eigenvalue weighted by molar-refractivity contribution is 6.30. The van der Waals surface area contributed by atoms with Gasteiger partial charge in [0.05, 0.1) is 5.56 Å². The van der Waals surface area contributed by atoms with Gasteiger partial charge < -0.3 is 10.6 Å². The molecule has 104 valence electrons. The molecule has 0 saturated heterocycles. The third-order valence-electron chi connectivity index (χ3n) is 3.09. The number of rotatable bonds is 3. The molecule has 2 rings (SSSR count). The molecule has 4 heteroatoms. The first kappa shape index (κ1) is 14.4. The van der Waals surface area contributed by atoms with Crippen molar-refractivity contribution >= 4 is 23.2 Å². The number of nitrogens with zero attached hydrogens (tertiary/aromatic N) is 1. The monoisotopic (exact) mass is 288 g/mol. The van der Waals surface area contributed by atoms with E-state index in [0.717, 1.165) is 11.1 Å². The first-order chi connectivity index (χ1) is 9.47. The maximum absolute atomic E-state index is 12.4. The van der Waals surface area contributed by atoms with Crippen LogP contribution in [0.25, 0.3) is 0 Å². The second-order valence-electron chi connectivity index (χ2n) is 4.88. The van der Waals surface area contributed by atoms with Gasteiger partial charge in [0.25, 0.3) is 5.91 Å². The molecule has 3 nitrogen and oxygen atoms in total. The molecule has 0 unspecified atom stereocenters. The standard InChI is InChI=1S/C16H17ClN2O/c1-11-6-7-15(18)14(8-11)16(20)19(2)10-12-4-3-5-13(17)9-12/h3-9H,10,18H2,1-2H3. The first-order valence-electron chi connectivity index (χ1n) is 6.33. The third kappa shape index (κ3) is 3.31. The summed E-state index contributed by atoms with van der Waals surface area (Å²) in [6, 6.07) is 12.9. The average Bonchev–Trinajstić information content (AvgIpc) is 2.40. The Morgan fingerprint density at radius 3 is 2.70 bits per heavy atom. The minimum Gasteiger partial charge on any atom is -0.398 e. The van der Waals surface area contributed by atoms with Gasteiger partial charge in [-0.15, -0.1) is 0 Å². The molecule has 20 heavy (non-hydrogen) atoms. The molecule has 0 atom stereocenters. The average molecular weight is 289 g/mol. The van der Waals surface area contributed by atoms with Crippen LogP contribution in [0.2, 0.25) is 5.02 Å². The number of hydrogen-bond donors (Lipinski definition) is 1. The van der Waals surface area contributed by atoms with Crippen molar-refractivity contribution in [2.75, 3.05) is 12.8 Å². The number of carbonyl (C=O) groups is 1. The lowest BCUT2D eigenvalue weighted by Gasteiger charge is -2.18. The van der Waals surface area contributed by atoms with Gasteiger partial charge >= 0.3 is 0 Å². The number of benzene rings is 2. The van der Waals surface area contributed by atoms with Crippen LogP contribution >= 0.6 is 11.6 Å². The predicted octanol–water partition coefficient (Wildman–Crippen LogP) is 3.50. The number of nitrogen functional groups attached to an aromatic ring is 1. The van der Waals surface area contributed by atoms with Crippen LogP contribution in [0.15, 0.2) is 42.5 Å². The highest BCUT2D eigenvalue weighted by Gasteiger charge is 2.15. The summed E-state index contributed by atoms with van der Waals surface area (Å²) in [6.07, 6.45) is 0. The van der Waals surface area contributed by atoms with Crippen molar-refractivity contribution in [3.63, 3.8) is 0 Å². The number of aryl methyl sites for hydroxylation is 1. The molecule has 0 saturated carbocycles. The van der Waals surface area contributed by atoms with E-state index < -0.39 is 0 Å². The molecule has 0 fully saturated rings. The molecule has 0 radical (unpaired) electrons. The third-order valence-corrected chi connectivity index (χ3v) is 3.33. The molecule has 1 amide bonds. The molecule has 0 aliphatic rings. The zero-order valence-corrected chi connectivity index (χ0v) is 12.3. The van der Waals surface area contributed by atoms with Crippen LogP contribution in [0.5, 0.6) is 0 Å². The largest absolute Gasteiger partial charge is 0.398 e. The highest BCUT2D eigenvalue weighted by Crippen LogP contribution is 2.18. The molecule has 0 aromatic heterocycles. The lowest BCUT2D eigenvalue weighted by molar-refractivity contribution is 0.0786. The van der Waals surface area contributed by atoms with Gasteiger partial charge in [0.1, 0.15) is 0 Å². The molecule has 0 aliphatic heterocycles. The summed E-state index contributed by atoms with van der Waals surface area (Å²) in [7, 11) is 1.75. The Kier molecular flexibility index (Phi) is 4.30. The van der Waals surface area contributed by atoms with E-state index in [1.165, 1.54) is 0 Å². The van der Waals surface area contributed by atoms with E-state index in [9.17, 15) is 4.79 Å². The number of carbonyl (C=O) groups excluding carboxylic acids is 1. The Morgan fingerprint density at radius 2 is 2.00 bits per heavy atom. The number of anilines is 1. The van der Waals surface area contributed by atoms with Crippen molar-refractivity contribution in [3.05, 3.63) is 64.2 Å². The fourth-order valence-corrected chi connectivity index (χ4v) is 2.25. The van der Waals surface area contributed by atoms with Crippen LogP contribution in [0.1, 0.15) is 21.5 Å². The Hall–Kier alpha value is -2.00. The lowest BCUT2D eigenvalue weighted by Crippen LogP contribution is -2.27. The molecule has 2 aromatic carbocycles. The number of amides is 1. The van der Waals surface area contributed by atoms with E-state index >= 15 is 0 Å². The van der Waals surface area contributed by atoms with E-state index in [4.69, 9.17) is 17.3 Å². The van der Waals surface area contributed by atoms with E-state index in [-0.39, 0.29) is 5.91 Å². The number of nitrogens with two attached hydrogens (primary N) is 1. The van der Waals surface area contributed by atoms with Crippen molar-refractivity contribution in [1.82, 2.24) is 4.90 Å². The zero-order valence-electron chi connectivity index (χ0n) is 11.6. The van der Waals surface area contributed by atoms with Crippen LogP contribution in [-0.2, 0) is 6.54 Å². The zero-order chi connectivity index (χ0) is 14.7. The molecule has 2 N–H and O–H groups in total. The van der Waals surface area contributed by atoms with Crippen molar-refractivity contribution in [3.8, 4) is 0 Å². The van der Waals surface area contributed by atoms with Gasteiger partial charge in [0.15, 0.2) is 0 Å². The summed E-state index contributed by atoms with van der Waals surface area (Å²) in [6.45, 7) is 2.43. The van der Waals surface area contributed by atoms with E-state index in [1.54, 1.807) is 18.0 Å². The van der Waals surface area contributed by atoms with Crippen LogP contribution in [0, 0.1) is 6.92 Å². The Bertz CT molecular complexity index is 640. The maximum atomic E-state index is 12.4. The van der Waals surface area contributed by atoms with Gasteiger partial charge in [-0.2, -0.15) is 0 Å². The second-order valence-corrected chi connectivity index (χ2v) is 5.32. The van der Waals surface area contributed by atoms with Crippen LogP contribution < -0.4 is 5.73 Å². The SMILES string of the molecule is Cc1ccc(N)c(C(=O)N(C)Cc2cccc(Cl)c2)c1. The highest BCUT2D eigenvalue weighted by atomic mass is 35.5. The fourth-order valence-electron chi connectivity index (χ4n) is 2.04. The van der Waals surface area contributed by atoms with Gasteiger partial charge in [0.2, 0.25) is 0 Å². The summed E-state index contributed by atoms with van der Waals surface area (Å²) in [5.41, 5.74) is 8.91. The van der Waals surface area contributed by atoms with Gasteiger partial charge in [-0.1, -0.05) is 35.4 Å². The smallest absolute Gasteiger partial charge is 0.255 e. The maximum Gasteiger partial charge on any atom is 0.255 e. The van der Waals surface area contributed by atoms with Gasteiger partial charge in [-0.3, -0.25) is 4.79 Å². The normalized spacial score (nSPS) is 10.3. The van der Waals surface area contributed by atoms with Gasteiger partial charge in [-0.05, 0) is 36.8 Å². The minimum absolute atomic E-state index is 0.0915. The number of halogens is 1. The topological polar surface area (TPSA) is 46.3 Å². The van der Waals surface area contributed by atoms with Crippen LogP contribution in [0.4, 0.5) is 5.69 Å². The lowest BCUT2D eigenvalue weighted by atomic mass is 10.1. The van der Waals surface area contributed by atoms with Gasteiger partial charge in [-0.25, -0.2) is 0 Å². The van der Waals surface area contributed by atoms with Crippen molar-refractivity contribution in [2.24, 2.45) is 0 Å². The van der Waals surface area contributed by atoms with Gasteiger partial charge in [0, 0.05) is 24.3 Å². The summed E-state index contributed by atoms with van der Waals surface area (Å²) >= 11 is 5.95. The molecule has 0 heterocycles. The van der Waals surface area contributed by atoms with E-state index in [1.807, 2.05) is 43.3 Å². The van der Waals surface area contributed by atoms with Crippen molar-refractivity contribution in [2.45, 2.75) is 13.5 Å². The molecular weight excluding hydrogens is 272 g/mol. The predicted molar refractivity (Wildman–Crippen MR) is 82.8 cm³/mol. The molecular formula is C16H17ClN2O. The molecule has 0 spiro atoms. The number of hydrogen-bond acceptors (Lipinski definition) is 2. The van der Waals surface area contributed by atoms with Crippen molar-refractivity contribution in [1.29, 1.82) is 0 Å². The summed E-state index contributed by atoms with van der Waals surface area (Å²) in [4.78, 5) is 14.1. The van der Waals surface area contributed by atoms with Crippen LogP contribution in [0.3, 0.4) is 0 Å². The first-order valence-corrected chi connectivity index (χ1v) is 6.71. The molecule has 2 aromatic rings. The quantitative estimate of drug-likeness (QED) is 0.879. The summed E-state index contributed by atoms with van der Waals surface area (Å²) in [5, 5.41) is 0.665. The van der Waals surface area contributed by atoms with Crippen molar-refractivity contribution < 1.29 is 4.79 Å². The molecule has 0 bridgehead atoms. The fraction of sp³-hybridized carbons (Fsp3) is 0.188. The molecule has 0 aliphatic carbocycles.